The minimum atomic E-state index is -0.431. The number of likely N-dealkylation sites (tertiary alicyclic amines) is 1. The summed E-state index contributed by atoms with van der Waals surface area (Å²) in [6, 6.07) is 0. The molecule has 1 saturated carbocycles. The summed E-state index contributed by atoms with van der Waals surface area (Å²) in [4.78, 5) is 15.3. The summed E-state index contributed by atoms with van der Waals surface area (Å²) < 4.78 is 6.88. The molecular weight excluding hydrogens is 286 g/mol. The molecule has 3 atom stereocenters. The number of ether oxygens (including phenoxy) is 1. The second kappa shape index (κ2) is 5.03. The van der Waals surface area contributed by atoms with Crippen LogP contribution >= 0.6 is 0 Å². The fourth-order valence-electron chi connectivity index (χ4n) is 5.88. The maximum Gasteiger partial charge on any atom is 0.162 e. The van der Waals surface area contributed by atoms with Crippen molar-refractivity contribution < 1.29 is 9.53 Å². The number of ketones is 1. The molecule has 0 amide bonds. The first-order valence-electron chi connectivity index (χ1n) is 9.59. The molecule has 3 nitrogen and oxygen atoms in total. The third-order valence-corrected chi connectivity index (χ3v) is 6.93. The first kappa shape index (κ1) is 14.4. The molecule has 1 spiro atoms. The fourth-order valence-corrected chi connectivity index (χ4v) is 5.88. The topological polar surface area (TPSA) is 29.5 Å². The molecule has 23 heavy (non-hydrogen) atoms. The number of piperidine rings is 1. The number of Topliss-reactive ketones (excluding diaryl/α,β-unsaturated/α-hetero) is 1. The van der Waals surface area contributed by atoms with Gasteiger partial charge in [0.25, 0.3) is 0 Å². The van der Waals surface area contributed by atoms with E-state index in [9.17, 15) is 4.79 Å². The van der Waals surface area contributed by atoms with Crippen molar-refractivity contribution in [3.8, 4) is 0 Å². The molecule has 0 N–H and O–H groups in total. The maximum absolute atomic E-state index is 12.7. The van der Waals surface area contributed by atoms with E-state index in [1.165, 1.54) is 37.7 Å². The minimum absolute atomic E-state index is 0.0690. The van der Waals surface area contributed by atoms with Crippen molar-refractivity contribution in [3.05, 3.63) is 23.3 Å². The maximum atomic E-state index is 12.7. The number of hydrogen-bond donors (Lipinski definition) is 0. The highest BCUT2D eigenvalue weighted by Gasteiger charge is 2.57. The van der Waals surface area contributed by atoms with E-state index in [1.807, 2.05) is 0 Å². The molecule has 3 heteroatoms. The predicted octanol–water partition coefficient (Wildman–Crippen LogP) is 3.40. The Morgan fingerprint density at radius 2 is 2.00 bits per heavy atom. The van der Waals surface area contributed by atoms with Crippen LogP contribution in [0.25, 0.3) is 0 Å². The number of fused-ring (bicyclic) bond motifs is 2. The average Bonchev–Trinajstić information content (AvgIpc) is 3.20. The highest BCUT2D eigenvalue weighted by molar-refractivity contribution is 6.01. The summed E-state index contributed by atoms with van der Waals surface area (Å²) in [6.07, 6.45) is 15.0. The van der Waals surface area contributed by atoms with Crippen molar-refractivity contribution in [1.29, 1.82) is 0 Å². The third kappa shape index (κ3) is 2.05. The Labute approximate surface area is 138 Å². The van der Waals surface area contributed by atoms with Crippen LogP contribution in [0.4, 0.5) is 0 Å². The fraction of sp³-hybridized carbons (Fsp3) is 0.750. The summed E-state index contributed by atoms with van der Waals surface area (Å²) in [5.74, 6) is 0.957. The summed E-state index contributed by atoms with van der Waals surface area (Å²) in [5, 5.41) is 0. The molecule has 124 valence electrons. The molecule has 1 saturated heterocycles. The van der Waals surface area contributed by atoms with Gasteiger partial charge in [-0.1, -0.05) is 18.1 Å². The normalized spacial score (nSPS) is 43.0. The zero-order valence-corrected chi connectivity index (χ0v) is 14.0. The van der Waals surface area contributed by atoms with E-state index in [0.717, 1.165) is 44.5 Å². The highest BCUT2D eigenvalue weighted by atomic mass is 16.5. The van der Waals surface area contributed by atoms with Crippen molar-refractivity contribution in [2.45, 2.75) is 69.0 Å². The Kier molecular flexibility index (Phi) is 3.15. The lowest BCUT2D eigenvalue weighted by atomic mass is 9.81. The van der Waals surface area contributed by atoms with E-state index in [0.29, 0.717) is 18.1 Å². The standard InChI is InChI=1S/C20H27NO2/c22-17-7-6-15-13-16-5-4-8-19(16)9-10-20(23-19,18(15)17)14-21-11-2-1-3-12-21/h9-10,16H,1-8,11-14H2/t16-,19-,20?/m0/s1. The van der Waals surface area contributed by atoms with Crippen LogP contribution in [0.15, 0.2) is 23.3 Å². The zero-order chi connectivity index (χ0) is 15.5. The summed E-state index contributed by atoms with van der Waals surface area (Å²) >= 11 is 0. The summed E-state index contributed by atoms with van der Waals surface area (Å²) in [5.41, 5.74) is 2.00. The number of rotatable bonds is 2. The van der Waals surface area contributed by atoms with E-state index in [-0.39, 0.29) is 5.60 Å². The first-order valence-corrected chi connectivity index (χ1v) is 9.59. The van der Waals surface area contributed by atoms with E-state index >= 15 is 0 Å². The van der Waals surface area contributed by atoms with Crippen LogP contribution < -0.4 is 0 Å². The molecule has 3 aliphatic heterocycles. The number of carbonyl (C=O) groups excluding carboxylic acids is 1. The minimum Gasteiger partial charge on any atom is -0.354 e. The van der Waals surface area contributed by atoms with Crippen LogP contribution in [-0.4, -0.2) is 41.5 Å². The van der Waals surface area contributed by atoms with Gasteiger partial charge in [0, 0.05) is 18.5 Å². The van der Waals surface area contributed by atoms with Gasteiger partial charge in [-0.05, 0) is 70.0 Å². The lowest BCUT2D eigenvalue weighted by molar-refractivity contribution is -0.123. The Balaban J connectivity index is 1.55. The molecule has 2 bridgehead atoms. The second-order valence-electron chi connectivity index (χ2n) is 8.31. The molecule has 0 aromatic heterocycles. The molecule has 2 aliphatic carbocycles. The van der Waals surface area contributed by atoms with Gasteiger partial charge in [-0.25, -0.2) is 0 Å². The van der Waals surface area contributed by atoms with Gasteiger partial charge in [0.15, 0.2) is 5.78 Å². The largest absolute Gasteiger partial charge is 0.354 e. The number of nitrogens with zero attached hydrogens (tertiary/aromatic N) is 1. The van der Waals surface area contributed by atoms with Gasteiger partial charge in [0.1, 0.15) is 5.60 Å². The first-order chi connectivity index (χ1) is 11.2. The Morgan fingerprint density at radius 3 is 2.87 bits per heavy atom. The van der Waals surface area contributed by atoms with Gasteiger partial charge in [0.2, 0.25) is 0 Å². The second-order valence-corrected chi connectivity index (χ2v) is 8.31. The van der Waals surface area contributed by atoms with Crippen molar-refractivity contribution in [2.24, 2.45) is 5.92 Å². The highest BCUT2D eigenvalue weighted by Crippen LogP contribution is 2.56. The van der Waals surface area contributed by atoms with Crippen LogP contribution in [0.1, 0.15) is 57.8 Å². The molecular formula is C20H27NO2. The molecule has 3 heterocycles. The quantitative estimate of drug-likeness (QED) is 0.732. The summed E-state index contributed by atoms with van der Waals surface area (Å²) in [7, 11) is 0. The Hall–Kier alpha value is -0.930. The summed E-state index contributed by atoms with van der Waals surface area (Å²) in [6.45, 7) is 3.21. The van der Waals surface area contributed by atoms with Crippen molar-refractivity contribution in [3.63, 3.8) is 0 Å². The van der Waals surface area contributed by atoms with Crippen molar-refractivity contribution in [1.82, 2.24) is 4.90 Å². The predicted molar refractivity (Wildman–Crippen MR) is 89.2 cm³/mol. The Morgan fingerprint density at radius 1 is 1.13 bits per heavy atom. The molecule has 0 aromatic carbocycles. The van der Waals surface area contributed by atoms with E-state index in [4.69, 9.17) is 4.74 Å². The van der Waals surface area contributed by atoms with Crippen LogP contribution in [-0.2, 0) is 9.53 Å². The molecule has 2 fully saturated rings. The van der Waals surface area contributed by atoms with Gasteiger partial charge in [-0.2, -0.15) is 0 Å². The molecule has 1 unspecified atom stereocenters. The molecule has 0 aromatic rings. The number of hydrogen-bond acceptors (Lipinski definition) is 3. The van der Waals surface area contributed by atoms with Gasteiger partial charge in [0.05, 0.1) is 5.60 Å². The molecule has 0 radical (unpaired) electrons. The van der Waals surface area contributed by atoms with Gasteiger partial charge in [-0.15, -0.1) is 0 Å². The lowest BCUT2D eigenvalue weighted by Gasteiger charge is -2.39. The SMILES string of the molecule is O=C1CCC2=C1C1(CN3CCCCC3)C=C[C@]3(CCC[C@H]3C2)O1. The van der Waals surface area contributed by atoms with E-state index < -0.39 is 5.60 Å². The lowest BCUT2D eigenvalue weighted by Crippen LogP contribution is -2.49. The van der Waals surface area contributed by atoms with E-state index in [2.05, 4.69) is 17.1 Å². The number of carbonyl (C=O) groups is 1. The van der Waals surface area contributed by atoms with Gasteiger partial charge in [-0.3, -0.25) is 9.69 Å². The van der Waals surface area contributed by atoms with Crippen molar-refractivity contribution >= 4 is 5.78 Å². The Bertz CT molecular complexity index is 601. The van der Waals surface area contributed by atoms with Crippen LogP contribution in [0.2, 0.25) is 0 Å². The smallest absolute Gasteiger partial charge is 0.162 e. The van der Waals surface area contributed by atoms with Crippen LogP contribution in [0.3, 0.4) is 0 Å². The van der Waals surface area contributed by atoms with Crippen LogP contribution in [0, 0.1) is 5.92 Å². The van der Waals surface area contributed by atoms with Crippen molar-refractivity contribution in [2.75, 3.05) is 19.6 Å². The van der Waals surface area contributed by atoms with Gasteiger partial charge >= 0.3 is 0 Å². The van der Waals surface area contributed by atoms with Crippen LogP contribution in [0.5, 0.6) is 0 Å². The molecule has 5 rings (SSSR count). The average molecular weight is 313 g/mol. The van der Waals surface area contributed by atoms with E-state index in [1.54, 1.807) is 0 Å². The molecule has 5 aliphatic rings. The monoisotopic (exact) mass is 313 g/mol. The van der Waals surface area contributed by atoms with Gasteiger partial charge < -0.3 is 4.74 Å². The number of allylic oxidation sites excluding steroid dienone is 1. The third-order valence-electron chi connectivity index (χ3n) is 6.93. The zero-order valence-electron chi connectivity index (χ0n) is 14.0.